The molecule has 0 atom stereocenters. The molecule has 1 amide bonds. The van der Waals surface area contributed by atoms with Gasteiger partial charge in [0, 0.05) is 30.5 Å². The molecule has 3 aromatic carbocycles. The summed E-state index contributed by atoms with van der Waals surface area (Å²) in [5, 5.41) is 2.21. The summed E-state index contributed by atoms with van der Waals surface area (Å²) in [7, 11) is 0. The maximum Gasteiger partial charge on any atom is 0.254 e. The first-order valence-electron chi connectivity index (χ1n) is 10.2. The standard InChI is InChI=1S/C27H26N2O/c1-3-15-29(27(30)25-14-13-23-10-4-5-11-24(23)18-25)20-26-12-7-16-28(26)19-22-9-6-8-21(2)17-22/h3-14,16-18H,1,15,19-20H2,2H3. The van der Waals surface area contributed by atoms with Crippen LogP contribution in [0.2, 0.25) is 0 Å². The molecule has 4 rings (SSSR count). The minimum absolute atomic E-state index is 0.0176. The number of aryl methyl sites for hydroxylation is 1. The summed E-state index contributed by atoms with van der Waals surface area (Å²) < 4.78 is 2.21. The molecule has 0 spiro atoms. The van der Waals surface area contributed by atoms with Crippen molar-refractivity contribution in [3.8, 4) is 0 Å². The first-order valence-corrected chi connectivity index (χ1v) is 10.2. The molecule has 30 heavy (non-hydrogen) atoms. The highest BCUT2D eigenvalue weighted by molar-refractivity contribution is 5.98. The van der Waals surface area contributed by atoms with Crippen molar-refractivity contribution in [1.82, 2.24) is 9.47 Å². The third-order valence-electron chi connectivity index (χ3n) is 5.34. The van der Waals surface area contributed by atoms with Crippen LogP contribution in [-0.4, -0.2) is 21.9 Å². The first-order chi connectivity index (χ1) is 14.6. The minimum atomic E-state index is 0.0176. The fraction of sp³-hybridized carbons (Fsp3) is 0.148. The zero-order chi connectivity index (χ0) is 20.9. The van der Waals surface area contributed by atoms with Crippen LogP contribution in [0.25, 0.3) is 10.8 Å². The SMILES string of the molecule is C=CCN(Cc1cccn1Cc1cccc(C)c1)C(=O)c1ccc2ccccc2c1. The number of carbonyl (C=O) groups is 1. The molecule has 0 fully saturated rings. The van der Waals surface area contributed by atoms with Crippen molar-refractivity contribution in [3.63, 3.8) is 0 Å². The second-order valence-corrected chi connectivity index (χ2v) is 7.65. The molecular weight excluding hydrogens is 368 g/mol. The maximum absolute atomic E-state index is 13.3. The van der Waals surface area contributed by atoms with Crippen molar-refractivity contribution >= 4 is 16.7 Å². The van der Waals surface area contributed by atoms with Gasteiger partial charge in [0.1, 0.15) is 0 Å². The topological polar surface area (TPSA) is 25.2 Å². The number of benzene rings is 3. The Balaban J connectivity index is 1.57. The zero-order valence-corrected chi connectivity index (χ0v) is 17.3. The molecule has 1 aromatic heterocycles. The van der Waals surface area contributed by atoms with E-state index in [1.807, 2.05) is 47.4 Å². The van der Waals surface area contributed by atoms with Crippen LogP contribution in [0.5, 0.6) is 0 Å². The molecular formula is C27H26N2O. The van der Waals surface area contributed by atoms with E-state index in [9.17, 15) is 4.79 Å². The highest BCUT2D eigenvalue weighted by Crippen LogP contribution is 2.19. The number of rotatable bonds is 7. The summed E-state index contributed by atoms with van der Waals surface area (Å²) in [6.45, 7) is 7.79. The van der Waals surface area contributed by atoms with Gasteiger partial charge in [-0.05, 0) is 47.5 Å². The molecule has 0 unspecified atom stereocenters. The highest BCUT2D eigenvalue weighted by atomic mass is 16.2. The zero-order valence-electron chi connectivity index (χ0n) is 17.3. The quantitative estimate of drug-likeness (QED) is 0.362. The monoisotopic (exact) mass is 394 g/mol. The summed E-state index contributed by atoms with van der Waals surface area (Å²) in [6.07, 6.45) is 3.86. The van der Waals surface area contributed by atoms with Gasteiger partial charge in [-0.3, -0.25) is 4.79 Å². The molecule has 0 bridgehead atoms. The Bertz CT molecular complexity index is 1190. The number of hydrogen-bond donors (Lipinski definition) is 0. The van der Waals surface area contributed by atoms with E-state index in [2.05, 4.69) is 60.7 Å². The molecule has 4 aromatic rings. The maximum atomic E-state index is 13.3. The van der Waals surface area contributed by atoms with Crippen molar-refractivity contribution in [3.05, 3.63) is 120 Å². The Morgan fingerprint density at radius 1 is 0.967 bits per heavy atom. The lowest BCUT2D eigenvalue weighted by molar-refractivity contribution is 0.0759. The summed E-state index contributed by atoms with van der Waals surface area (Å²) in [4.78, 5) is 15.1. The van der Waals surface area contributed by atoms with E-state index >= 15 is 0 Å². The molecule has 0 radical (unpaired) electrons. The van der Waals surface area contributed by atoms with Gasteiger partial charge in [0.2, 0.25) is 0 Å². The van der Waals surface area contributed by atoms with E-state index < -0.39 is 0 Å². The van der Waals surface area contributed by atoms with Gasteiger partial charge in [0.05, 0.1) is 6.54 Å². The van der Waals surface area contributed by atoms with Gasteiger partial charge in [0.25, 0.3) is 5.91 Å². The lowest BCUT2D eigenvalue weighted by atomic mass is 10.1. The lowest BCUT2D eigenvalue weighted by Gasteiger charge is -2.22. The molecule has 0 N–H and O–H groups in total. The Morgan fingerprint density at radius 3 is 2.60 bits per heavy atom. The Morgan fingerprint density at radius 2 is 1.80 bits per heavy atom. The predicted molar refractivity (Wildman–Crippen MR) is 124 cm³/mol. The molecule has 3 heteroatoms. The van der Waals surface area contributed by atoms with Crippen LogP contribution in [0, 0.1) is 6.92 Å². The summed E-state index contributed by atoms with van der Waals surface area (Å²) in [5.41, 5.74) is 4.31. The first kappa shape index (κ1) is 19.7. The molecule has 0 saturated heterocycles. The van der Waals surface area contributed by atoms with Crippen LogP contribution in [0.3, 0.4) is 0 Å². The Kier molecular flexibility index (Phi) is 5.80. The van der Waals surface area contributed by atoms with Gasteiger partial charge in [-0.15, -0.1) is 6.58 Å². The lowest BCUT2D eigenvalue weighted by Crippen LogP contribution is -2.31. The number of hydrogen-bond acceptors (Lipinski definition) is 1. The second-order valence-electron chi connectivity index (χ2n) is 7.65. The van der Waals surface area contributed by atoms with Crippen molar-refractivity contribution in [2.24, 2.45) is 0 Å². The fourth-order valence-electron chi connectivity index (χ4n) is 3.83. The molecule has 0 aliphatic rings. The second kappa shape index (κ2) is 8.83. The van der Waals surface area contributed by atoms with E-state index in [1.54, 1.807) is 6.08 Å². The summed E-state index contributed by atoms with van der Waals surface area (Å²) in [5.74, 6) is 0.0176. The molecule has 1 heterocycles. The van der Waals surface area contributed by atoms with Crippen LogP contribution >= 0.6 is 0 Å². The van der Waals surface area contributed by atoms with E-state index in [0.717, 1.165) is 23.0 Å². The Labute approximate surface area is 177 Å². The predicted octanol–water partition coefficient (Wildman–Crippen LogP) is 5.83. The van der Waals surface area contributed by atoms with Crippen molar-refractivity contribution < 1.29 is 4.79 Å². The average Bonchev–Trinajstić information content (AvgIpc) is 3.19. The third-order valence-corrected chi connectivity index (χ3v) is 5.34. The summed E-state index contributed by atoms with van der Waals surface area (Å²) >= 11 is 0. The number of aromatic nitrogens is 1. The number of nitrogens with zero attached hydrogens (tertiary/aromatic N) is 2. The van der Waals surface area contributed by atoms with Crippen LogP contribution in [0.1, 0.15) is 27.2 Å². The van der Waals surface area contributed by atoms with Gasteiger partial charge in [0.15, 0.2) is 0 Å². The van der Waals surface area contributed by atoms with Crippen molar-refractivity contribution in [2.45, 2.75) is 20.0 Å². The van der Waals surface area contributed by atoms with Gasteiger partial charge in [-0.25, -0.2) is 0 Å². The Hall–Kier alpha value is -3.59. The molecule has 150 valence electrons. The highest BCUT2D eigenvalue weighted by Gasteiger charge is 2.17. The largest absolute Gasteiger partial charge is 0.345 e. The summed E-state index contributed by atoms with van der Waals surface area (Å²) in [6, 6.07) is 26.6. The van der Waals surface area contributed by atoms with E-state index in [0.29, 0.717) is 18.7 Å². The fourth-order valence-corrected chi connectivity index (χ4v) is 3.83. The van der Waals surface area contributed by atoms with Gasteiger partial charge in [-0.2, -0.15) is 0 Å². The van der Waals surface area contributed by atoms with E-state index in [1.165, 1.54) is 11.1 Å². The molecule has 3 nitrogen and oxygen atoms in total. The van der Waals surface area contributed by atoms with E-state index in [4.69, 9.17) is 0 Å². The molecule has 0 aliphatic carbocycles. The van der Waals surface area contributed by atoms with Crippen LogP contribution in [0.4, 0.5) is 0 Å². The van der Waals surface area contributed by atoms with Crippen molar-refractivity contribution in [1.29, 1.82) is 0 Å². The normalized spacial score (nSPS) is 10.8. The minimum Gasteiger partial charge on any atom is -0.345 e. The van der Waals surface area contributed by atoms with E-state index in [-0.39, 0.29) is 5.91 Å². The van der Waals surface area contributed by atoms with Gasteiger partial charge in [-0.1, -0.05) is 66.2 Å². The van der Waals surface area contributed by atoms with Crippen LogP contribution in [-0.2, 0) is 13.1 Å². The third kappa shape index (κ3) is 4.36. The smallest absolute Gasteiger partial charge is 0.254 e. The molecule has 0 aliphatic heterocycles. The van der Waals surface area contributed by atoms with Crippen LogP contribution < -0.4 is 0 Å². The molecule has 0 saturated carbocycles. The average molecular weight is 395 g/mol. The number of fused-ring (bicyclic) bond motifs is 1. The van der Waals surface area contributed by atoms with Crippen LogP contribution in [0.15, 0.2) is 97.7 Å². The number of carbonyl (C=O) groups excluding carboxylic acids is 1. The van der Waals surface area contributed by atoms with Crippen molar-refractivity contribution in [2.75, 3.05) is 6.54 Å². The number of amides is 1. The van der Waals surface area contributed by atoms with Gasteiger partial charge < -0.3 is 9.47 Å². The van der Waals surface area contributed by atoms with Gasteiger partial charge >= 0.3 is 0 Å².